The Morgan fingerprint density at radius 2 is 2.24 bits per heavy atom. The number of hydrogen-bond acceptors (Lipinski definition) is 4. The van der Waals surface area contributed by atoms with Crippen molar-refractivity contribution in [2.45, 2.75) is 25.3 Å². The predicted octanol–water partition coefficient (Wildman–Crippen LogP) is 0.0365. The lowest BCUT2D eigenvalue weighted by molar-refractivity contribution is 0.199. The molecule has 0 amide bonds. The van der Waals surface area contributed by atoms with Gasteiger partial charge in [-0.2, -0.15) is 0 Å². The van der Waals surface area contributed by atoms with E-state index in [1.54, 1.807) is 11.4 Å². The van der Waals surface area contributed by atoms with Crippen molar-refractivity contribution in [2.75, 3.05) is 39.1 Å². The molecule has 100 valence electrons. The SMILES string of the molecule is COCCCS(=O)(=O)N1CC2CCCNC2C1. The first-order valence-electron chi connectivity index (χ1n) is 6.33. The highest BCUT2D eigenvalue weighted by molar-refractivity contribution is 7.89. The molecule has 0 spiro atoms. The van der Waals surface area contributed by atoms with E-state index in [1.807, 2.05) is 0 Å². The number of nitrogens with one attached hydrogen (secondary N) is 1. The van der Waals surface area contributed by atoms with Gasteiger partial charge < -0.3 is 10.1 Å². The lowest BCUT2D eigenvalue weighted by Crippen LogP contribution is -2.41. The summed E-state index contributed by atoms with van der Waals surface area (Å²) >= 11 is 0. The maximum absolute atomic E-state index is 12.1. The van der Waals surface area contributed by atoms with Crippen LogP contribution in [0.4, 0.5) is 0 Å². The van der Waals surface area contributed by atoms with E-state index in [1.165, 1.54) is 6.42 Å². The van der Waals surface area contributed by atoms with Crippen molar-refractivity contribution in [3.05, 3.63) is 0 Å². The van der Waals surface area contributed by atoms with Crippen LogP contribution in [0.2, 0.25) is 0 Å². The van der Waals surface area contributed by atoms with Crippen molar-refractivity contribution in [3.8, 4) is 0 Å². The molecule has 17 heavy (non-hydrogen) atoms. The van der Waals surface area contributed by atoms with Crippen molar-refractivity contribution in [3.63, 3.8) is 0 Å². The van der Waals surface area contributed by atoms with E-state index in [2.05, 4.69) is 5.32 Å². The highest BCUT2D eigenvalue weighted by Crippen LogP contribution is 2.26. The van der Waals surface area contributed by atoms with Gasteiger partial charge in [0.15, 0.2) is 0 Å². The summed E-state index contributed by atoms with van der Waals surface area (Å²) in [4.78, 5) is 0. The second-order valence-corrected chi connectivity index (χ2v) is 7.03. The van der Waals surface area contributed by atoms with Crippen molar-refractivity contribution in [1.82, 2.24) is 9.62 Å². The fourth-order valence-electron chi connectivity index (χ4n) is 2.75. The van der Waals surface area contributed by atoms with Gasteiger partial charge in [-0.3, -0.25) is 0 Å². The van der Waals surface area contributed by atoms with Gasteiger partial charge in [-0.15, -0.1) is 0 Å². The third-order valence-electron chi connectivity index (χ3n) is 3.71. The van der Waals surface area contributed by atoms with E-state index in [4.69, 9.17) is 4.74 Å². The van der Waals surface area contributed by atoms with Gasteiger partial charge in [-0.25, -0.2) is 12.7 Å². The Morgan fingerprint density at radius 3 is 2.94 bits per heavy atom. The lowest BCUT2D eigenvalue weighted by atomic mass is 9.94. The largest absolute Gasteiger partial charge is 0.385 e. The van der Waals surface area contributed by atoms with Gasteiger partial charge in [-0.1, -0.05) is 0 Å². The van der Waals surface area contributed by atoms with Gasteiger partial charge >= 0.3 is 0 Å². The summed E-state index contributed by atoms with van der Waals surface area (Å²) in [7, 11) is -1.48. The van der Waals surface area contributed by atoms with Crippen molar-refractivity contribution < 1.29 is 13.2 Å². The predicted molar refractivity (Wildman–Crippen MR) is 66.4 cm³/mol. The minimum Gasteiger partial charge on any atom is -0.385 e. The molecule has 0 aromatic heterocycles. The second-order valence-electron chi connectivity index (χ2n) is 4.94. The molecule has 0 saturated carbocycles. The fraction of sp³-hybridized carbons (Fsp3) is 1.00. The zero-order valence-corrected chi connectivity index (χ0v) is 11.2. The smallest absolute Gasteiger partial charge is 0.214 e. The maximum atomic E-state index is 12.1. The zero-order valence-electron chi connectivity index (χ0n) is 10.4. The average molecular weight is 262 g/mol. The van der Waals surface area contributed by atoms with Gasteiger partial charge in [0.1, 0.15) is 0 Å². The van der Waals surface area contributed by atoms with Crippen LogP contribution in [0.5, 0.6) is 0 Å². The van der Waals surface area contributed by atoms with Crippen molar-refractivity contribution in [2.24, 2.45) is 5.92 Å². The first kappa shape index (κ1) is 13.3. The number of ether oxygens (including phenoxy) is 1. The summed E-state index contributed by atoms with van der Waals surface area (Å²) in [6, 6.07) is 0.376. The van der Waals surface area contributed by atoms with E-state index in [-0.39, 0.29) is 5.75 Å². The highest BCUT2D eigenvalue weighted by Gasteiger charge is 2.39. The molecule has 2 unspecified atom stereocenters. The Hall–Kier alpha value is -0.170. The van der Waals surface area contributed by atoms with Crippen LogP contribution in [0.3, 0.4) is 0 Å². The fourth-order valence-corrected chi connectivity index (χ4v) is 4.30. The lowest BCUT2D eigenvalue weighted by Gasteiger charge is -2.24. The molecule has 2 atom stereocenters. The molecule has 2 fully saturated rings. The Balaban J connectivity index is 1.89. The van der Waals surface area contributed by atoms with Crippen LogP contribution in [-0.4, -0.2) is 57.9 Å². The molecule has 0 aromatic rings. The van der Waals surface area contributed by atoms with Crippen molar-refractivity contribution >= 4 is 10.0 Å². The molecule has 2 aliphatic heterocycles. The third kappa shape index (κ3) is 3.19. The Labute approximate surface area is 104 Å². The summed E-state index contributed by atoms with van der Waals surface area (Å²) in [5, 5.41) is 3.42. The monoisotopic (exact) mass is 262 g/mol. The minimum absolute atomic E-state index is 0.209. The Morgan fingerprint density at radius 1 is 1.41 bits per heavy atom. The third-order valence-corrected chi connectivity index (χ3v) is 5.60. The van der Waals surface area contributed by atoms with Crippen LogP contribution in [-0.2, 0) is 14.8 Å². The number of methoxy groups -OCH3 is 1. The summed E-state index contributed by atoms with van der Waals surface area (Å²) in [6.45, 7) is 2.89. The second kappa shape index (κ2) is 5.65. The standard InChI is InChI=1S/C11H22N2O3S/c1-16-6-3-7-17(14,15)13-8-10-4-2-5-12-11(10)9-13/h10-12H,2-9H2,1H3. The van der Waals surface area contributed by atoms with E-state index in [0.717, 1.165) is 13.0 Å². The number of nitrogens with zero attached hydrogens (tertiary/aromatic N) is 1. The minimum atomic E-state index is -3.08. The molecule has 2 rings (SSSR count). The molecule has 0 aliphatic carbocycles. The topological polar surface area (TPSA) is 58.6 Å². The molecule has 0 bridgehead atoms. The summed E-state index contributed by atoms with van der Waals surface area (Å²) in [5.74, 6) is 0.723. The highest BCUT2D eigenvalue weighted by atomic mass is 32.2. The number of fused-ring (bicyclic) bond motifs is 1. The number of piperidine rings is 1. The molecule has 2 saturated heterocycles. The normalized spacial score (nSPS) is 30.4. The quantitative estimate of drug-likeness (QED) is 0.711. The van der Waals surface area contributed by atoms with Gasteiger partial charge in [0.05, 0.1) is 5.75 Å². The molecular formula is C11H22N2O3S. The van der Waals surface area contributed by atoms with E-state index >= 15 is 0 Å². The van der Waals surface area contributed by atoms with E-state index in [0.29, 0.717) is 38.1 Å². The van der Waals surface area contributed by atoms with Crippen LogP contribution >= 0.6 is 0 Å². The van der Waals surface area contributed by atoms with Crippen LogP contribution in [0.15, 0.2) is 0 Å². The molecule has 0 radical (unpaired) electrons. The van der Waals surface area contributed by atoms with Crippen LogP contribution in [0.25, 0.3) is 0 Å². The Kier molecular flexibility index (Phi) is 4.41. The van der Waals surface area contributed by atoms with E-state index in [9.17, 15) is 8.42 Å². The molecule has 2 heterocycles. The van der Waals surface area contributed by atoms with Crippen LogP contribution < -0.4 is 5.32 Å². The van der Waals surface area contributed by atoms with Gasteiger partial charge in [0.25, 0.3) is 0 Å². The summed E-state index contributed by atoms with van der Waals surface area (Å²) in [6.07, 6.45) is 2.90. The number of rotatable bonds is 5. The number of sulfonamides is 1. The average Bonchev–Trinajstić information content (AvgIpc) is 2.73. The van der Waals surface area contributed by atoms with Crippen molar-refractivity contribution in [1.29, 1.82) is 0 Å². The molecule has 0 aromatic carbocycles. The Bertz CT molecular complexity index is 331. The van der Waals surface area contributed by atoms with Gasteiger partial charge in [-0.05, 0) is 31.7 Å². The van der Waals surface area contributed by atoms with Gasteiger partial charge in [0.2, 0.25) is 10.0 Å². The molecule has 2 aliphatic rings. The zero-order chi connectivity index (χ0) is 12.3. The van der Waals surface area contributed by atoms with E-state index < -0.39 is 10.0 Å². The molecule has 1 N–H and O–H groups in total. The number of hydrogen-bond donors (Lipinski definition) is 1. The molecular weight excluding hydrogens is 240 g/mol. The first-order chi connectivity index (χ1) is 8.13. The summed E-state index contributed by atoms with van der Waals surface area (Å²) < 4.78 is 30.7. The summed E-state index contributed by atoms with van der Waals surface area (Å²) in [5.41, 5.74) is 0. The maximum Gasteiger partial charge on any atom is 0.214 e. The molecule has 6 heteroatoms. The van der Waals surface area contributed by atoms with Crippen LogP contribution in [0, 0.1) is 5.92 Å². The van der Waals surface area contributed by atoms with Gasteiger partial charge in [0, 0.05) is 32.8 Å². The molecule has 5 nitrogen and oxygen atoms in total. The first-order valence-corrected chi connectivity index (χ1v) is 7.94. The van der Waals surface area contributed by atoms with Crippen LogP contribution in [0.1, 0.15) is 19.3 Å².